The van der Waals surface area contributed by atoms with Gasteiger partial charge in [0.2, 0.25) is 5.88 Å². The molecule has 180 valence electrons. The summed E-state index contributed by atoms with van der Waals surface area (Å²) >= 11 is 0. The molecule has 1 atom stereocenters. The molecular formula is C24H29FN6O3. The molecule has 9 nitrogen and oxygen atoms in total. The largest absolute Gasteiger partial charge is 0.481 e. The van der Waals surface area contributed by atoms with Gasteiger partial charge in [0.05, 0.1) is 32.5 Å². The van der Waals surface area contributed by atoms with Crippen molar-refractivity contribution in [2.75, 3.05) is 40.4 Å². The van der Waals surface area contributed by atoms with Gasteiger partial charge in [-0.15, -0.1) is 0 Å². The number of aromatic nitrogens is 1. The van der Waals surface area contributed by atoms with Crippen LogP contribution in [0.5, 0.6) is 5.88 Å². The number of methoxy groups -OCH3 is 2. The van der Waals surface area contributed by atoms with E-state index in [0.717, 1.165) is 37.0 Å². The Balaban J connectivity index is 1.58. The highest BCUT2D eigenvalue weighted by Gasteiger charge is 2.18. The van der Waals surface area contributed by atoms with Crippen molar-refractivity contribution < 1.29 is 18.7 Å². The van der Waals surface area contributed by atoms with E-state index < -0.39 is 5.82 Å². The molecule has 1 aromatic carbocycles. The quantitative estimate of drug-likeness (QED) is 0.546. The van der Waals surface area contributed by atoms with Gasteiger partial charge in [-0.1, -0.05) is 0 Å². The molecule has 10 heteroatoms. The maximum atomic E-state index is 14.0. The molecule has 2 aromatic rings. The summed E-state index contributed by atoms with van der Waals surface area (Å²) in [4.78, 5) is 26.0. The fraction of sp³-hybridized carbons (Fsp3) is 0.417. The summed E-state index contributed by atoms with van der Waals surface area (Å²) < 4.78 is 24.8. The standard InChI is InChI=1S/C24H29FN6O3/c1-33-20-3-4-26-19(11-20)14-29-22(32)17-8-15(12-31-24-27-5-6-28-24)7-16(9-17)21-10-18(25)13-30-23(21)34-2/h7-10,13,20H,3-6,11-12,14H2,1-2H3,(H,29,32)(H2,27,28,31). The number of carbonyl (C=O) groups excluding carboxylic acids is 1. The van der Waals surface area contributed by atoms with Crippen molar-refractivity contribution >= 4 is 17.6 Å². The molecule has 0 bridgehead atoms. The van der Waals surface area contributed by atoms with Crippen molar-refractivity contribution in [2.24, 2.45) is 9.98 Å². The van der Waals surface area contributed by atoms with Crippen LogP contribution in [0.4, 0.5) is 4.39 Å². The van der Waals surface area contributed by atoms with E-state index in [1.54, 1.807) is 19.2 Å². The van der Waals surface area contributed by atoms with E-state index in [0.29, 0.717) is 48.7 Å². The van der Waals surface area contributed by atoms with E-state index in [9.17, 15) is 9.18 Å². The summed E-state index contributed by atoms with van der Waals surface area (Å²) in [5.41, 5.74) is 3.28. The zero-order valence-corrected chi connectivity index (χ0v) is 19.4. The van der Waals surface area contributed by atoms with Gasteiger partial charge in [0.1, 0.15) is 5.82 Å². The Morgan fingerprint density at radius 3 is 2.82 bits per heavy atom. The predicted octanol–water partition coefficient (Wildman–Crippen LogP) is 1.92. The van der Waals surface area contributed by atoms with Gasteiger partial charge in [-0.05, 0) is 41.8 Å². The minimum absolute atomic E-state index is 0.130. The fourth-order valence-electron chi connectivity index (χ4n) is 3.99. The Bertz CT molecular complexity index is 1100. The maximum Gasteiger partial charge on any atom is 0.251 e. The molecule has 3 heterocycles. The Labute approximate surface area is 197 Å². The molecule has 1 unspecified atom stereocenters. The summed E-state index contributed by atoms with van der Waals surface area (Å²) in [6.45, 7) is 2.99. The monoisotopic (exact) mass is 468 g/mol. The first-order chi connectivity index (χ1) is 16.6. The van der Waals surface area contributed by atoms with Crippen LogP contribution in [-0.4, -0.2) is 69.1 Å². The Morgan fingerprint density at radius 2 is 2.06 bits per heavy atom. The second-order valence-electron chi connectivity index (χ2n) is 8.12. The molecule has 0 saturated carbocycles. The fourth-order valence-corrected chi connectivity index (χ4v) is 3.99. The van der Waals surface area contributed by atoms with Crippen molar-refractivity contribution in [3.05, 3.63) is 47.4 Å². The first-order valence-electron chi connectivity index (χ1n) is 11.2. The van der Waals surface area contributed by atoms with E-state index >= 15 is 0 Å². The molecule has 2 aliphatic rings. The summed E-state index contributed by atoms with van der Waals surface area (Å²) in [5.74, 6) is 0.258. The highest BCUT2D eigenvalue weighted by Crippen LogP contribution is 2.30. The van der Waals surface area contributed by atoms with Gasteiger partial charge in [-0.25, -0.2) is 9.37 Å². The van der Waals surface area contributed by atoms with Crippen molar-refractivity contribution in [1.29, 1.82) is 0 Å². The number of aliphatic imine (C=N–C) groups is 2. The molecule has 0 aliphatic carbocycles. The summed E-state index contributed by atoms with van der Waals surface area (Å²) in [5, 5.41) is 9.34. The second-order valence-corrected chi connectivity index (χ2v) is 8.12. The number of rotatable bonds is 8. The van der Waals surface area contributed by atoms with Crippen molar-refractivity contribution in [3.63, 3.8) is 0 Å². The van der Waals surface area contributed by atoms with E-state index in [1.807, 2.05) is 6.07 Å². The lowest BCUT2D eigenvalue weighted by Crippen LogP contribution is -2.34. The SMILES string of the molecule is COc1ncc(F)cc1-c1cc(CNC2=NCCN2)cc(C(=O)NCC2=NCCC(OC)C2)c1. The molecular weight excluding hydrogens is 439 g/mol. The minimum atomic E-state index is -0.488. The molecule has 0 saturated heterocycles. The minimum Gasteiger partial charge on any atom is -0.481 e. The Morgan fingerprint density at radius 1 is 1.18 bits per heavy atom. The number of hydrogen-bond donors (Lipinski definition) is 3. The molecule has 0 fully saturated rings. The average molecular weight is 469 g/mol. The maximum absolute atomic E-state index is 14.0. The van der Waals surface area contributed by atoms with E-state index in [2.05, 4.69) is 30.9 Å². The van der Waals surface area contributed by atoms with E-state index in [1.165, 1.54) is 13.2 Å². The van der Waals surface area contributed by atoms with Gasteiger partial charge in [0.15, 0.2) is 5.96 Å². The number of carbonyl (C=O) groups is 1. The van der Waals surface area contributed by atoms with Crippen LogP contribution in [0.15, 0.2) is 40.4 Å². The van der Waals surface area contributed by atoms with Gasteiger partial charge >= 0.3 is 0 Å². The molecule has 1 aromatic heterocycles. The third-order valence-electron chi connectivity index (χ3n) is 5.75. The number of amides is 1. The molecule has 4 rings (SSSR count). The number of nitrogens with zero attached hydrogens (tertiary/aromatic N) is 3. The highest BCUT2D eigenvalue weighted by molar-refractivity contribution is 5.99. The average Bonchev–Trinajstić information content (AvgIpc) is 3.39. The van der Waals surface area contributed by atoms with Crippen molar-refractivity contribution in [1.82, 2.24) is 20.9 Å². The number of halogens is 1. The molecule has 1 amide bonds. The lowest BCUT2D eigenvalue weighted by Gasteiger charge is -2.21. The van der Waals surface area contributed by atoms with Crippen LogP contribution in [0.25, 0.3) is 11.1 Å². The molecule has 2 aliphatic heterocycles. The first-order valence-corrected chi connectivity index (χ1v) is 11.2. The number of guanidine groups is 1. The molecule has 34 heavy (non-hydrogen) atoms. The molecule has 0 radical (unpaired) electrons. The number of nitrogens with one attached hydrogen (secondary N) is 3. The van der Waals surface area contributed by atoms with Gasteiger partial charge in [0, 0.05) is 50.0 Å². The van der Waals surface area contributed by atoms with Gasteiger partial charge < -0.3 is 25.4 Å². The van der Waals surface area contributed by atoms with Gasteiger partial charge in [-0.3, -0.25) is 14.8 Å². The van der Waals surface area contributed by atoms with Crippen LogP contribution in [0.2, 0.25) is 0 Å². The zero-order valence-electron chi connectivity index (χ0n) is 19.4. The van der Waals surface area contributed by atoms with Crippen molar-refractivity contribution in [3.8, 4) is 17.0 Å². The zero-order chi connectivity index (χ0) is 23.9. The van der Waals surface area contributed by atoms with Gasteiger partial charge in [-0.2, -0.15) is 0 Å². The second kappa shape index (κ2) is 11.1. The number of hydrogen-bond acceptors (Lipinski definition) is 8. The van der Waals surface area contributed by atoms with Crippen LogP contribution in [0, 0.1) is 5.82 Å². The van der Waals surface area contributed by atoms with Crippen LogP contribution in [0.3, 0.4) is 0 Å². The predicted molar refractivity (Wildman–Crippen MR) is 128 cm³/mol. The third-order valence-corrected chi connectivity index (χ3v) is 5.75. The van der Waals surface area contributed by atoms with E-state index in [-0.39, 0.29) is 17.9 Å². The van der Waals surface area contributed by atoms with Crippen LogP contribution in [-0.2, 0) is 11.3 Å². The summed E-state index contributed by atoms with van der Waals surface area (Å²) in [6, 6.07) is 6.75. The van der Waals surface area contributed by atoms with Gasteiger partial charge in [0.25, 0.3) is 5.91 Å². The van der Waals surface area contributed by atoms with Crippen molar-refractivity contribution in [2.45, 2.75) is 25.5 Å². The Kier molecular flexibility index (Phi) is 7.69. The number of pyridine rings is 1. The smallest absolute Gasteiger partial charge is 0.251 e. The van der Waals surface area contributed by atoms with Crippen LogP contribution >= 0.6 is 0 Å². The number of benzene rings is 1. The summed E-state index contributed by atoms with van der Waals surface area (Å²) in [7, 11) is 3.17. The lowest BCUT2D eigenvalue weighted by molar-refractivity contribution is 0.0946. The number of ether oxygens (including phenoxy) is 2. The van der Waals surface area contributed by atoms with E-state index in [4.69, 9.17) is 9.47 Å². The molecule has 0 spiro atoms. The highest BCUT2D eigenvalue weighted by atomic mass is 19.1. The Hall–Kier alpha value is -3.53. The first kappa shape index (κ1) is 23.6. The molecule has 3 N–H and O–H groups in total. The summed E-state index contributed by atoms with van der Waals surface area (Å²) in [6.07, 6.45) is 2.82. The topological polar surface area (TPSA) is 109 Å². The normalized spacial score (nSPS) is 17.4. The lowest BCUT2D eigenvalue weighted by atomic mass is 9.99. The van der Waals surface area contributed by atoms with Crippen LogP contribution in [0.1, 0.15) is 28.8 Å². The van der Waals surface area contributed by atoms with Crippen LogP contribution < -0.4 is 20.7 Å². The third kappa shape index (κ3) is 5.88.